The smallest absolute Gasteiger partial charge is 0.345 e. The summed E-state index contributed by atoms with van der Waals surface area (Å²) in [5, 5.41) is 0. The van der Waals surface area contributed by atoms with Crippen LogP contribution in [0.4, 0.5) is 0 Å². The van der Waals surface area contributed by atoms with Crippen LogP contribution in [0.3, 0.4) is 0 Å². The lowest BCUT2D eigenvalue weighted by molar-refractivity contribution is -0.282. The van der Waals surface area contributed by atoms with Gasteiger partial charge in [-0.3, -0.25) is 4.89 Å². The first-order valence-electron chi connectivity index (χ1n) is 8.22. The molecule has 1 aliphatic carbocycles. The van der Waals surface area contributed by atoms with Gasteiger partial charge in [0.25, 0.3) is 0 Å². The fourth-order valence-electron chi connectivity index (χ4n) is 2.54. The number of carbonyl (C=O) groups is 2. The maximum absolute atomic E-state index is 11.8. The highest BCUT2D eigenvalue weighted by Gasteiger charge is 2.23. The maximum Gasteiger partial charge on any atom is 0.345 e. The van der Waals surface area contributed by atoms with Gasteiger partial charge in [0, 0.05) is 5.92 Å². The molecule has 1 fully saturated rings. The molecule has 0 bridgehead atoms. The molecular weight excluding hydrogens is 296 g/mol. The third-order valence-electron chi connectivity index (χ3n) is 3.94. The van der Waals surface area contributed by atoms with Crippen LogP contribution >= 0.6 is 0 Å². The Labute approximate surface area is 136 Å². The first-order chi connectivity index (χ1) is 11.2. The zero-order valence-corrected chi connectivity index (χ0v) is 13.5. The Bertz CT molecular complexity index is 493. The molecule has 1 aromatic carbocycles. The van der Waals surface area contributed by atoms with Crippen molar-refractivity contribution in [2.75, 3.05) is 13.2 Å². The second-order valence-corrected chi connectivity index (χ2v) is 6.09. The molecule has 2 rings (SSSR count). The van der Waals surface area contributed by atoms with Crippen molar-refractivity contribution >= 4 is 11.9 Å². The predicted octanol–water partition coefficient (Wildman–Crippen LogP) is 3.53. The second kappa shape index (κ2) is 9.30. The molecule has 0 aromatic heterocycles. The normalized spacial score (nSPS) is 16.6. The summed E-state index contributed by atoms with van der Waals surface area (Å²) >= 11 is 0. The molecule has 0 amide bonds. The van der Waals surface area contributed by atoms with E-state index in [1.54, 1.807) is 24.3 Å². The zero-order chi connectivity index (χ0) is 16.5. The zero-order valence-electron chi connectivity index (χ0n) is 13.5. The Morgan fingerprint density at radius 2 is 1.78 bits per heavy atom. The molecule has 1 aliphatic rings. The summed E-state index contributed by atoms with van der Waals surface area (Å²) in [6.07, 6.45) is 5.10. The van der Waals surface area contributed by atoms with E-state index >= 15 is 0 Å². The van der Waals surface area contributed by atoms with E-state index in [2.05, 4.69) is 0 Å². The Kier molecular flexibility index (Phi) is 7.07. The molecule has 0 aliphatic heterocycles. The number of benzene rings is 1. The van der Waals surface area contributed by atoms with Gasteiger partial charge >= 0.3 is 11.9 Å². The van der Waals surface area contributed by atoms with Crippen molar-refractivity contribution in [2.45, 2.75) is 39.0 Å². The van der Waals surface area contributed by atoms with E-state index in [1.165, 1.54) is 6.42 Å². The van der Waals surface area contributed by atoms with Crippen LogP contribution in [-0.2, 0) is 19.3 Å². The molecule has 0 spiro atoms. The van der Waals surface area contributed by atoms with Gasteiger partial charge in [0.2, 0.25) is 0 Å². The summed E-state index contributed by atoms with van der Waals surface area (Å²) < 4.78 is 5.20. The molecule has 0 heterocycles. The molecule has 5 heteroatoms. The largest absolute Gasteiger partial charge is 0.462 e. The molecule has 126 valence electrons. The van der Waals surface area contributed by atoms with Crippen molar-refractivity contribution in [3.63, 3.8) is 0 Å². The van der Waals surface area contributed by atoms with Gasteiger partial charge in [0.1, 0.15) is 0 Å². The highest BCUT2D eigenvalue weighted by molar-refractivity contribution is 5.89. The van der Waals surface area contributed by atoms with Crippen LogP contribution in [0.25, 0.3) is 0 Å². The summed E-state index contributed by atoms with van der Waals surface area (Å²) in [7, 11) is 0. The number of esters is 1. The Morgan fingerprint density at radius 1 is 1.09 bits per heavy atom. The average molecular weight is 320 g/mol. The fourth-order valence-corrected chi connectivity index (χ4v) is 2.54. The maximum atomic E-state index is 11.8. The molecule has 0 N–H and O–H groups in total. The van der Waals surface area contributed by atoms with E-state index in [-0.39, 0.29) is 37.0 Å². The van der Waals surface area contributed by atoms with Gasteiger partial charge in [-0.05, 0) is 25.0 Å². The van der Waals surface area contributed by atoms with E-state index in [1.807, 2.05) is 13.0 Å². The first-order valence-corrected chi connectivity index (χ1v) is 8.22. The lowest BCUT2D eigenvalue weighted by Gasteiger charge is -2.19. The van der Waals surface area contributed by atoms with Crippen LogP contribution in [0.5, 0.6) is 0 Å². The molecule has 1 saturated carbocycles. The molecule has 23 heavy (non-hydrogen) atoms. The summed E-state index contributed by atoms with van der Waals surface area (Å²) in [5.41, 5.74) is 0.518. The lowest BCUT2D eigenvalue weighted by Crippen LogP contribution is -2.22. The molecule has 1 atom stereocenters. The molecular formula is C18H24O5. The van der Waals surface area contributed by atoms with Crippen LogP contribution < -0.4 is 0 Å². The van der Waals surface area contributed by atoms with Crippen LogP contribution in [0.2, 0.25) is 0 Å². The Morgan fingerprint density at radius 3 is 2.48 bits per heavy atom. The minimum Gasteiger partial charge on any atom is -0.462 e. The molecule has 1 unspecified atom stereocenters. The SMILES string of the molecule is CC(COOC(=O)C1CCCCC1)COC(=O)c1ccccc1. The third-order valence-corrected chi connectivity index (χ3v) is 3.94. The van der Waals surface area contributed by atoms with Crippen molar-refractivity contribution in [3.8, 4) is 0 Å². The number of carbonyl (C=O) groups excluding carboxylic acids is 2. The number of hydrogen-bond acceptors (Lipinski definition) is 5. The van der Waals surface area contributed by atoms with Crippen LogP contribution in [0.1, 0.15) is 49.4 Å². The number of ether oxygens (including phenoxy) is 1. The van der Waals surface area contributed by atoms with Gasteiger partial charge in [-0.25, -0.2) is 9.59 Å². The van der Waals surface area contributed by atoms with Crippen molar-refractivity contribution < 1.29 is 24.1 Å². The quantitative estimate of drug-likeness (QED) is 0.437. The van der Waals surface area contributed by atoms with E-state index in [9.17, 15) is 9.59 Å². The highest BCUT2D eigenvalue weighted by atomic mass is 17.2. The molecule has 1 aromatic rings. The standard InChI is InChI=1S/C18H24O5/c1-14(12-21-17(19)15-8-4-2-5-9-15)13-22-23-18(20)16-10-6-3-7-11-16/h2,4-5,8-9,14,16H,3,6-7,10-13H2,1H3. The fraction of sp³-hybridized carbons (Fsp3) is 0.556. The van der Waals surface area contributed by atoms with E-state index in [0.29, 0.717) is 5.56 Å². The minimum absolute atomic E-state index is 0.0324. The van der Waals surface area contributed by atoms with Crippen LogP contribution in [-0.4, -0.2) is 25.2 Å². The van der Waals surface area contributed by atoms with Crippen LogP contribution in [0.15, 0.2) is 30.3 Å². The minimum atomic E-state index is -0.364. The van der Waals surface area contributed by atoms with Crippen molar-refractivity contribution in [2.24, 2.45) is 11.8 Å². The van der Waals surface area contributed by atoms with E-state index in [0.717, 1.165) is 25.7 Å². The summed E-state index contributed by atoms with van der Waals surface area (Å²) in [6, 6.07) is 8.82. The third kappa shape index (κ3) is 6.02. The van der Waals surface area contributed by atoms with Gasteiger partial charge in [-0.1, -0.05) is 44.4 Å². The predicted molar refractivity (Wildman–Crippen MR) is 84.5 cm³/mol. The van der Waals surface area contributed by atoms with Gasteiger partial charge < -0.3 is 4.74 Å². The first kappa shape index (κ1) is 17.5. The monoisotopic (exact) mass is 320 g/mol. The van der Waals surface area contributed by atoms with E-state index < -0.39 is 0 Å². The Balaban J connectivity index is 1.60. The van der Waals surface area contributed by atoms with Crippen molar-refractivity contribution in [1.29, 1.82) is 0 Å². The van der Waals surface area contributed by atoms with E-state index in [4.69, 9.17) is 14.5 Å². The van der Waals surface area contributed by atoms with Gasteiger partial charge in [0.05, 0.1) is 24.7 Å². The van der Waals surface area contributed by atoms with Gasteiger partial charge in [-0.15, -0.1) is 0 Å². The van der Waals surface area contributed by atoms with Gasteiger partial charge in [-0.2, -0.15) is 4.89 Å². The highest BCUT2D eigenvalue weighted by Crippen LogP contribution is 2.24. The molecule has 0 saturated heterocycles. The lowest BCUT2D eigenvalue weighted by atomic mass is 9.89. The number of rotatable bonds is 7. The van der Waals surface area contributed by atoms with Gasteiger partial charge in [0.15, 0.2) is 0 Å². The second-order valence-electron chi connectivity index (χ2n) is 6.09. The molecule has 0 radical (unpaired) electrons. The summed E-state index contributed by atoms with van der Waals surface area (Å²) in [6.45, 7) is 2.29. The van der Waals surface area contributed by atoms with Crippen LogP contribution in [0, 0.1) is 11.8 Å². The summed E-state index contributed by atoms with van der Waals surface area (Å²) in [5.74, 6) is -0.730. The Hall–Kier alpha value is -1.88. The van der Waals surface area contributed by atoms with Crippen molar-refractivity contribution in [3.05, 3.63) is 35.9 Å². The number of hydrogen-bond donors (Lipinski definition) is 0. The molecule has 5 nitrogen and oxygen atoms in total. The summed E-state index contributed by atoms with van der Waals surface area (Å²) in [4.78, 5) is 33.5. The topological polar surface area (TPSA) is 61.8 Å². The average Bonchev–Trinajstić information content (AvgIpc) is 2.61. The van der Waals surface area contributed by atoms with Crippen molar-refractivity contribution in [1.82, 2.24) is 0 Å².